The maximum atomic E-state index is 6.35. The molecule has 23 heavy (non-hydrogen) atoms. The Kier molecular flexibility index (Phi) is 4.47. The van der Waals surface area contributed by atoms with Crippen LogP contribution in [0.15, 0.2) is 36.4 Å². The molecule has 0 bridgehead atoms. The summed E-state index contributed by atoms with van der Waals surface area (Å²) in [4.78, 5) is 4.56. The smallest absolute Gasteiger partial charge is 0.164 e. The Labute approximate surface area is 146 Å². The molecule has 0 saturated heterocycles. The molecule has 0 aliphatic carbocycles. The molecule has 1 aromatic heterocycles. The van der Waals surface area contributed by atoms with Gasteiger partial charge in [0.1, 0.15) is 12.1 Å². The van der Waals surface area contributed by atoms with E-state index in [1.807, 2.05) is 19.1 Å². The largest absolute Gasteiger partial charge is 0.485 e. The first-order valence-corrected chi connectivity index (χ1v) is 8.15. The van der Waals surface area contributed by atoms with Gasteiger partial charge in [-0.3, -0.25) is 0 Å². The fraction of sp³-hybridized carbons (Fsp3) is 0.211. The van der Waals surface area contributed by atoms with Crippen LogP contribution in [0.1, 0.15) is 22.4 Å². The Balaban J connectivity index is 2.02. The summed E-state index contributed by atoms with van der Waals surface area (Å²) in [5.41, 5.74) is 5.13. The Morgan fingerprint density at radius 2 is 1.74 bits per heavy atom. The van der Waals surface area contributed by atoms with Gasteiger partial charge in [0.25, 0.3) is 0 Å². The van der Waals surface area contributed by atoms with E-state index in [0.29, 0.717) is 27.9 Å². The molecule has 0 N–H and O–H groups in total. The van der Waals surface area contributed by atoms with Crippen LogP contribution >= 0.6 is 23.2 Å². The summed E-state index contributed by atoms with van der Waals surface area (Å²) in [6.07, 6.45) is 0. The molecule has 0 saturated carbocycles. The van der Waals surface area contributed by atoms with Crippen LogP contribution in [0.4, 0.5) is 0 Å². The number of hydrogen-bond donors (Lipinski definition) is 0. The number of aryl methyl sites for hydroxylation is 3. The summed E-state index contributed by atoms with van der Waals surface area (Å²) in [6, 6.07) is 11.9. The van der Waals surface area contributed by atoms with Crippen LogP contribution in [0, 0.1) is 20.8 Å². The van der Waals surface area contributed by atoms with E-state index in [2.05, 4.69) is 37.0 Å². The van der Waals surface area contributed by atoms with Crippen molar-refractivity contribution >= 4 is 34.1 Å². The molecule has 0 amide bonds. The zero-order valence-corrected chi connectivity index (χ0v) is 14.8. The van der Waals surface area contributed by atoms with Crippen LogP contribution in [-0.2, 0) is 6.61 Å². The summed E-state index contributed by atoms with van der Waals surface area (Å²) in [6.45, 7) is 6.52. The van der Waals surface area contributed by atoms with Gasteiger partial charge in [0.15, 0.2) is 5.75 Å². The highest BCUT2D eigenvalue weighted by molar-refractivity contribution is 6.39. The molecular weight excluding hydrogens is 329 g/mol. The molecule has 0 atom stereocenters. The molecule has 0 fully saturated rings. The lowest BCUT2D eigenvalue weighted by Gasteiger charge is -2.14. The van der Waals surface area contributed by atoms with Crippen molar-refractivity contribution in [3.8, 4) is 5.75 Å². The third-order valence-corrected chi connectivity index (χ3v) is 4.45. The Morgan fingerprint density at radius 1 is 0.957 bits per heavy atom. The number of halogens is 2. The van der Waals surface area contributed by atoms with Crippen LogP contribution in [0.25, 0.3) is 10.9 Å². The molecule has 2 aromatic carbocycles. The molecule has 0 spiro atoms. The Morgan fingerprint density at radius 3 is 2.52 bits per heavy atom. The van der Waals surface area contributed by atoms with Gasteiger partial charge in [-0.1, -0.05) is 47.0 Å². The second-order valence-electron chi connectivity index (χ2n) is 5.74. The van der Waals surface area contributed by atoms with Gasteiger partial charge in [0.05, 0.1) is 10.0 Å². The van der Waals surface area contributed by atoms with Crippen molar-refractivity contribution in [2.24, 2.45) is 0 Å². The van der Waals surface area contributed by atoms with E-state index < -0.39 is 0 Å². The molecule has 3 aromatic rings. The standard InChI is InChI=1S/C19H17Cl2NO/c1-11-4-5-12(2)14(8-11)10-23-19-17(21)9-16(20)15-7-6-13(3)22-18(15)19/h4-9H,10H2,1-3H3. The normalized spacial score (nSPS) is 11.0. The van der Waals surface area contributed by atoms with E-state index in [4.69, 9.17) is 27.9 Å². The van der Waals surface area contributed by atoms with Gasteiger partial charge >= 0.3 is 0 Å². The third kappa shape index (κ3) is 3.29. The van der Waals surface area contributed by atoms with Crippen LogP contribution in [0.3, 0.4) is 0 Å². The molecule has 0 aliphatic heterocycles. The Hall–Kier alpha value is -1.77. The van der Waals surface area contributed by atoms with Gasteiger partial charge in [-0.2, -0.15) is 0 Å². The SMILES string of the molecule is Cc1ccc(C)c(COc2c(Cl)cc(Cl)c3ccc(C)nc23)c1. The Bertz CT molecular complexity index is 890. The van der Waals surface area contributed by atoms with Crippen molar-refractivity contribution in [3.63, 3.8) is 0 Å². The number of nitrogens with zero attached hydrogens (tertiary/aromatic N) is 1. The van der Waals surface area contributed by atoms with E-state index >= 15 is 0 Å². The minimum atomic E-state index is 0.444. The summed E-state index contributed by atoms with van der Waals surface area (Å²) >= 11 is 12.6. The van der Waals surface area contributed by atoms with Gasteiger partial charge in [0.2, 0.25) is 0 Å². The topological polar surface area (TPSA) is 22.1 Å². The van der Waals surface area contributed by atoms with Crippen molar-refractivity contribution in [2.75, 3.05) is 0 Å². The van der Waals surface area contributed by atoms with Crippen LogP contribution in [0.2, 0.25) is 10.0 Å². The molecule has 0 radical (unpaired) electrons. The lowest BCUT2D eigenvalue weighted by atomic mass is 10.1. The highest BCUT2D eigenvalue weighted by Crippen LogP contribution is 2.37. The minimum Gasteiger partial charge on any atom is -0.485 e. The van der Waals surface area contributed by atoms with Crippen LogP contribution < -0.4 is 4.74 Å². The lowest BCUT2D eigenvalue weighted by molar-refractivity contribution is 0.308. The van der Waals surface area contributed by atoms with Crippen LogP contribution in [-0.4, -0.2) is 4.98 Å². The maximum Gasteiger partial charge on any atom is 0.164 e. The second kappa shape index (κ2) is 6.38. The first kappa shape index (κ1) is 16.1. The van der Waals surface area contributed by atoms with Gasteiger partial charge in [0, 0.05) is 11.1 Å². The van der Waals surface area contributed by atoms with Crippen molar-refractivity contribution in [1.82, 2.24) is 4.98 Å². The van der Waals surface area contributed by atoms with Crippen molar-refractivity contribution in [2.45, 2.75) is 27.4 Å². The molecule has 2 nitrogen and oxygen atoms in total. The fourth-order valence-electron chi connectivity index (χ4n) is 2.53. The fourth-order valence-corrected chi connectivity index (χ4v) is 3.10. The molecule has 118 valence electrons. The quantitative estimate of drug-likeness (QED) is 0.576. The third-order valence-electron chi connectivity index (χ3n) is 3.85. The van der Waals surface area contributed by atoms with E-state index in [0.717, 1.165) is 16.6 Å². The molecule has 3 rings (SSSR count). The first-order valence-electron chi connectivity index (χ1n) is 7.40. The number of benzene rings is 2. The van der Waals surface area contributed by atoms with E-state index in [1.165, 1.54) is 11.1 Å². The van der Waals surface area contributed by atoms with Gasteiger partial charge < -0.3 is 4.74 Å². The number of hydrogen-bond acceptors (Lipinski definition) is 2. The van der Waals surface area contributed by atoms with Crippen LogP contribution in [0.5, 0.6) is 5.75 Å². The zero-order valence-electron chi connectivity index (χ0n) is 13.3. The number of ether oxygens (including phenoxy) is 1. The summed E-state index contributed by atoms with van der Waals surface area (Å²) in [5, 5.41) is 1.90. The predicted molar refractivity (Wildman–Crippen MR) is 96.7 cm³/mol. The molecular formula is C19H17Cl2NO. The molecule has 0 aliphatic rings. The summed E-state index contributed by atoms with van der Waals surface area (Å²) in [5.74, 6) is 0.579. The maximum absolute atomic E-state index is 6.35. The summed E-state index contributed by atoms with van der Waals surface area (Å²) < 4.78 is 6.03. The number of rotatable bonds is 3. The van der Waals surface area contributed by atoms with Crippen molar-refractivity contribution in [3.05, 3.63) is 68.8 Å². The van der Waals surface area contributed by atoms with Crippen molar-refractivity contribution < 1.29 is 4.74 Å². The first-order chi connectivity index (χ1) is 11.0. The number of fused-ring (bicyclic) bond motifs is 1. The van der Waals surface area contributed by atoms with Gasteiger partial charge in [-0.25, -0.2) is 4.98 Å². The number of pyridine rings is 1. The second-order valence-corrected chi connectivity index (χ2v) is 6.55. The molecule has 0 unspecified atom stereocenters. The van der Waals surface area contributed by atoms with E-state index in [9.17, 15) is 0 Å². The average Bonchev–Trinajstić information content (AvgIpc) is 2.50. The predicted octanol–water partition coefficient (Wildman–Crippen LogP) is 6.05. The molecule has 1 heterocycles. The highest BCUT2D eigenvalue weighted by atomic mass is 35.5. The minimum absolute atomic E-state index is 0.444. The van der Waals surface area contributed by atoms with E-state index in [1.54, 1.807) is 6.07 Å². The van der Waals surface area contributed by atoms with Gasteiger partial charge in [-0.15, -0.1) is 0 Å². The number of aromatic nitrogens is 1. The molecule has 4 heteroatoms. The lowest BCUT2D eigenvalue weighted by Crippen LogP contribution is -2.00. The van der Waals surface area contributed by atoms with Gasteiger partial charge in [-0.05, 0) is 50.1 Å². The monoisotopic (exact) mass is 345 g/mol. The summed E-state index contributed by atoms with van der Waals surface area (Å²) in [7, 11) is 0. The average molecular weight is 346 g/mol. The highest BCUT2D eigenvalue weighted by Gasteiger charge is 2.14. The van der Waals surface area contributed by atoms with Crippen molar-refractivity contribution in [1.29, 1.82) is 0 Å². The zero-order chi connectivity index (χ0) is 16.6. The van der Waals surface area contributed by atoms with E-state index in [-0.39, 0.29) is 0 Å².